The van der Waals surface area contributed by atoms with Gasteiger partial charge in [-0.1, -0.05) is 25.9 Å². The van der Waals surface area contributed by atoms with Crippen molar-refractivity contribution in [2.24, 2.45) is 0 Å². The molecule has 0 spiro atoms. The molecule has 1 atom stereocenters. The minimum Gasteiger partial charge on any atom is -0.405 e. The number of aromatic nitrogens is 3. The van der Waals surface area contributed by atoms with E-state index in [-0.39, 0.29) is 11.5 Å². The van der Waals surface area contributed by atoms with Gasteiger partial charge in [0, 0.05) is 17.4 Å². The number of nitrogens with one attached hydrogen (secondary N) is 1. The van der Waals surface area contributed by atoms with Gasteiger partial charge in [-0.15, -0.1) is 16.4 Å². The highest BCUT2D eigenvalue weighted by Crippen LogP contribution is 2.28. The molecule has 7 heteroatoms. The van der Waals surface area contributed by atoms with Crippen LogP contribution in [-0.2, 0) is 16.7 Å². The Morgan fingerprint density at radius 2 is 2.24 bits per heavy atom. The van der Waals surface area contributed by atoms with Gasteiger partial charge in [-0.25, -0.2) is 4.98 Å². The third-order valence-electron chi connectivity index (χ3n) is 3.26. The molecule has 21 heavy (non-hydrogen) atoms. The van der Waals surface area contributed by atoms with Crippen LogP contribution in [0.1, 0.15) is 56.3 Å². The Bertz CT molecular complexity index is 596. The van der Waals surface area contributed by atoms with Gasteiger partial charge >= 0.3 is 6.01 Å². The molecule has 0 amide bonds. The van der Waals surface area contributed by atoms with E-state index in [0.717, 1.165) is 30.2 Å². The maximum atomic E-state index is 5.58. The second-order valence-electron chi connectivity index (χ2n) is 6.19. The van der Waals surface area contributed by atoms with Crippen molar-refractivity contribution in [2.45, 2.75) is 51.7 Å². The lowest BCUT2D eigenvalue weighted by Gasteiger charge is -2.13. The summed E-state index contributed by atoms with van der Waals surface area (Å²) in [5, 5.41) is 14.3. The molecular formula is C14H20N4O2S. The second-order valence-corrected chi connectivity index (χ2v) is 7.05. The molecule has 1 N–H and O–H groups in total. The average molecular weight is 308 g/mol. The van der Waals surface area contributed by atoms with E-state index in [1.807, 2.05) is 0 Å². The Morgan fingerprint density at radius 3 is 2.90 bits per heavy atom. The number of rotatable bonds is 4. The smallest absolute Gasteiger partial charge is 0.315 e. The molecule has 1 aliphatic heterocycles. The Kier molecular flexibility index (Phi) is 3.95. The van der Waals surface area contributed by atoms with Gasteiger partial charge in [0.2, 0.25) is 5.89 Å². The van der Waals surface area contributed by atoms with Gasteiger partial charge in [0.25, 0.3) is 0 Å². The molecule has 0 aromatic carbocycles. The molecule has 0 aliphatic carbocycles. The van der Waals surface area contributed by atoms with Crippen molar-refractivity contribution in [2.75, 3.05) is 11.9 Å². The average Bonchev–Trinajstić information content (AvgIpc) is 3.16. The Balaban J connectivity index is 1.59. The van der Waals surface area contributed by atoms with Crippen LogP contribution in [0.5, 0.6) is 0 Å². The predicted octanol–water partition coefficient (Wildman–Crippen LogP) is 3.29. The fraction of sp³-hybridized carbons (Fsp3) is 0.643. The quantitative estimate of drug-likeness (QED) is 0.934. The fourth-order valence-corrected chi connectivity index (χ4v) is 3.01. The summed E-state index contributed by atoms with van der Waals surface area (Å²) in [6.07, 6.45) is 1.95. The monoisotopic (exact) mass is 308 g/mol. The molecule has 2 aromatic rings. The Labute approximate surface area is 127 Å². The molecule has 0 radical (unpaired) electrons. The zero-order valence-corrected chi connectivity index (χ0v) is 13.4. The molecule has 114 valence electrons. The number of anilines is 1. The van der Waals surface area contributed by atoms with Crippen LogP contribution in [0, 0.1) is 0 Å². The first kappa shape index (κ1) is 14.5. The van der Waals surface area contributed by atoms with E-state index in [1.165, 1.54) is 0 Å². The van der Waals surface area contributed by atoms with E-state index in [1.54, 1.807) is 11.3 Å². The minimum atomic E-state index is -0.0418. The SMILES string of the molecule is CC(C)(C)c1nc(CNc2nnc([C@@H]3CCCO3)o2)cs1. The van der Waals surface area contributed by atoms with E-state index < -0.39 is 0 Å². The normalized spacial score (nSPS) is 19.1. The highest BCUT2D eigenvalue weighted by Gasteiger charge is 2.23. The highest BCUT2D eigenvalue weighted by atomic mass is 32.1. The van der Waals surface area contributed by atoms with E-state index >= 15 is 0 Å². The molecule has 3 rings (SSSR count). The lowest BCUT2D eigenvalue weighted by Crippen LogP contribution is -2.11. The maximum Gasteiger partial charge on any atom is 0.315 e. The summed E-state index contributed by atoms with van der Waals surface area (Å²) in [6, 6.07) is 0.422. The van der Waals surface area contributed by atoms with Crippen LogP contribution in [-0.4, -0.2) is 21.8 Å². The maximum absolute atomic E-state index is 5.58. The van der Waals surface area contributed by atoms with E-state index in [9.17, 15) is 0 Å². The third-order valence-corrected chi connectivity index (χ3v) is 4.58. The summed E-state index contributed by atoms with van der Waals surface area (Å²) in [6.45, 7) is 7.84. The van der Waals surface area contributed by atoms with Gasteiger partial charge in [-0.05, 0) is 12.8 Å². The zero-order valence-electron chi connectivity index (χ0n) is 12.5. The molecular weight excluding hydrogens is 288 g/mol. The largest absolute Gasteiger partial charge is 0.405 e. The summed E-state index contributed by atoms with van der Waals surface area (Å²) in [5.41, 5.74) is 1.07. The summed E-state index contributed by atoms with van der Waals surface area (Å²) in [4.78, 5) is 4.62. The first-order valence-corrected chi connectivity index (χ1v) is 8.04. The van der Waals surface area contributed by atoms with Crippen molar-refractivity contribution in [3.05, 3.63) is 22.0 Å². The number of hydrogen-bond donors (Lipinski definition) is 1. The van der Waals surface area contributed by atoms with Crippen molar-refractivity contribution < 1.29 is 9.15 Å². The summed E-state index contributed by atoms with van der Waals surface area (Å²) < 4.78 is 11.1. The molecule has 1 saturated heterocycles. The van der Waals surface area contributed by atoms with Gasteiger partial charge in [0.1, 0.15) is 6.10 Å². The van der Waals surface area contributed by atoms with E-state index in [0.29, 0.717) is 18.5 Å². The van der Waals surface area contributed by atoms with Crippen molar-refractivity contribution in [3.8, 4) is 0 Å². The number of nitrogens with zero attached hydrogens (tertiary/aromatic N) is 3. The minimum absolute atomic E-state index is 0.0418. The zero-order chi connectivity index (χ0) is 14.9. The molecule has 3 heterocycles. The number of hydrogen-bond acceptors (Lipinski definition) is 7. The Hall–Kier alpha value is -1.47. The third kappa shape index (κ3) is 3.41. The van der Waals surface area contributed by atoms with Gasteiger partial charge in [-0.3, -0.25) is 0 Å². The van der Waals surface area contributed by atoms with Crippen LogP contribution in [0.15, 0.2) is 9.80 Å². The van der Waals surface area contributed by atoms with E-state index in [2.05, 4.69) is 46.6 Å². The first-order valence-electron chi connectivity index (χ1n) is 7.16. The standard InChI is InChI=1S/C14H20N4O2S/c1-14(2,3)12-16-9(8-21-12)7-15-13-18-17-11(20-13)10-5-4-6-19-10/h8,10H,4-7H2,1-3H3,(H,15,18)/t10-/m0/s1. The molecule has 0 saturated carbocycles. The van der Waals surface area contributed by atoms with E-state index in [4.69, 9.17) is 9.15 Å². The predicted molar refractivity (Wildman–Crippen MR) is 80.4 cm³/mol. The van der Waals surface area contributed by atoms with Gasteiger partial charge in [0.05, 0.1) is 17.2 Å². The Morgan fingerprint density at radius 1 is 1.38 bits per heavy atom. The highest BCUT2D eigenvalue weighted by molar-refractivity contribution is 7.09. The molecule has 1 aliphatic rings. The summed E-state index contributed by atoms with van der Waals surface area (Å²) in [5.74, 6) is 0.559. The van der Waals surface area contributed by atoms with Crippen LogP contribution in [0.2, 0.25) is 0 Å². The van der Waals surface area contributed by atoms with Crippen LogP contribution in [0.3, 0.4) is 0 Å². The van der Waals surface area contributed by atoms with Crippen LogP contribution in [0.4, 0.5) is 6.01 Å². The van der Waals surface area contributed by atoms with Gasteiger partial charge in [0.15, 0.2) is 0 Å². The first-order chi connectivity index (χ1) is 10.0. The fourth-order valence-electron chi connectivity index (χ4n) is 2.11. The lowest BCUT2D eigenvalue weighted by atomic mass is 9.98. The molecule has 0 bridgehead atoms. The van der Waals surface area contributed by atoms with Crippen LogP contribution >= 0.6 is 11.3 Å². The molecule has 6 nitrogen and oxygen atoms in total. The van der Waals surface area contributed by atoms with Crippen molar-refractivity contribution >= 4 is 17.4 Å². The van der Waals surface area contributed by atoms with Crippen LogP contribution in [0.25, 0.3) is 0 Å². The lowest BCUT2D eigenvalue weighted by molar-refractivity contribution is 0.0897. The van der Waals surface area contributed by atoms with Gasteiger partial charge in [-0.2, -0.15) is 0 Å². The second kappa shape index (κ2) is 5.73. The van der Waals surface area contributed by atoms with Gasteiger partial charge < -0.3 is 14.5 Å². The number of ether oxygens (including phenoxy) is 1. The van der Waals surface area contributed by atoms with Crippen LogP contribution < -0.4 is 5.32 Å². The molecule has 1 fully saturated rings. The molecule has 0 unspecified atom stereocenters. The van der Waals surface area contributed by atoms with Crippen molar-refractivity contribution in [1.82, 2.24) is 15.2 Å². The van der Waals surface area contributed by atoms with Crippen molar-refractivity contribution in [1.29, 1.82) is 0 Å². The molecule has 2 aromatic heterocycles. The van der Waals surface area contributed by atoms with Crippen molar-refractivity contribution in [3.63, 3.8) is 0 Å². The number of thiazole rings is 1. The summed E-state index contributed by atoms with van der Waals surface area (Å²) in [7, 11) is 0. The summed E-state index contributed by atoms with van der Waals surface area (Å²) >= 11 is 1.68. The topological polar surface area (TPSA) is 73.1 Å².